The van der Waals surface area contributed by atoms with Crippen molar-refractivity contribution in [3.05, 3.63) is 24.0 Å². The predicted octanol–water partition coefficient (Wildman–Crippen LogP) is 0.807. The van der Waals surface area contributed by atoms with E-state index in [4.69, 9.17) is 5.73 Å². The summed E-state index contributed by atoms with van der Waals surface area (Å²) in [4.78, 5) is 18.4. The summed E-state index contributed by atoms with van der Waals surface area (Å²) >= 11 is 0. The van der Waals surface area contributed by atoms with E-state index >= 15 is 0 Å². The monoisotopic (exact) mass is 262 g/mol. The van der Waals surface area contributed by atoms with Crippen molar-refractivity contribution in [1.82, 2.24) is 15.2 Å². The summed E-state index contributed by atoms with van der Waals surface area (Å²) in [5, 5.41) is 3.02. The van der Waals surface area contributed by atoms with E-state index in [9.17, 15) is 4.79 Å². The first-order valence-electron chi connectivity index (χ1n) is 6.85. The Kier molecular flexibility index (Phi) is 4.74. The number of carbonyl (C=O) groups excluding carboxylic acids is 1. The molecule has 0 saturated carbocycles. The van der Waals surface area contributed by atoms with Crippen LogP contribution in [0.4, 0.5) is 5.69 Å². The number of hydrogen-bond acceptors (Lipinski definition) is 4. The van der Waals surface area contributed by atoms with E-state index < -0.39 is 0 Å². The third-order valence-corrected chi connectivity index (χ3v) is 3.33. The first kappa shape index (κ1) is 13.8. The summed E-state index contributed by atoms with van der Waals surface area (Å²) in [7, 11) is 0. The highest BCUT2D eigenvalue weighted by atomic mass is 16.1. The number of nitrogens with zero attached hydrogens (tertiary/aromatic N) is 2. The van der Waals surface area contributed by atoms with Crippen molar-refractivity contribution >= 4 is 11.6 Å². The Balaban J connectivity index is 1.75. The highest BCUT2D eigenvalue weighted by Crippen LogP contribution is 2.07. The second-order valence-corrected chi connectivity index (χ2v) is 5.24. The van der Waals surface area contributed by atoms with E-state index in [-0.39, 0.29) is 11.9 Å². The van der Waals surface area contributed by atoms with Crippen LogP contribution in [0, 0.1) is 0 Å². The third-order valence-electron chi connectivity index (χ3n) is 3.33. The molecule has 104 valence electrons. The number of nitrogens with one attached hydrogen (secondary N) is 1. The molecule has 2 rings (SSSR count). The zero-order valence-electron chi connectivity index (χ0n) is 11.4. The molecule has 2 heterocycles. The molecule has 1 aromatic heterocycles. The van der Waals surface area contributed by atoms with Crippen molar-refractivity contribution in [2.45, 2.75) is 32.2 Å². The molecule has 1 atom stereocenters. The maximum Gasteiger partial charge on any atom is 0.226 e. The van der Waals surface area contributed by atoms with Crippen LogP contribution in [0.1, 0.15) is 25.5 Å². The van der Waals surface area contributed by atoms with E-state index in [1.807, 2.05) is 6.92 Å². The summed E-state index contributed by atoms with van der Waals surface area (Å²) in [6, 6.07) is 3.74. The number of nitrogen functional groups attached to an aromatic ring is 1. The number of aromatic nitrogens is 1. The number of pyridine rings is 1. The minimum absolute atomic E-state index is 0.0176. The molecule has 0 spiro atoms. The van der Waals surface area contributed by atoms with E-state index in [1.165, 1.54) is 12.8 Å². The van der Waals surface area contributed by atoms with Gasteiger partial charge in [0.2, 0.25) is 5.91 Å². The third kappa shape index (κ3) is 4.52. The lowest BCUT2D eigenvalue weighted by Gasteiger charge is -2.21. The van der Waals surface area contributed by atoms with Crippen LogP contribution in [0.15, 0.2) is 18.3 Å². The van der Waals surface area contributed by atoms with Gasteiger partial charge in [-0.15, -0.1) is 0 Å². The fourth-order valence-electron chi connectivity index (χ4n) is 2.43. The highest BCUT2D eigenvalue weighted by molar-refractivity contribution is 5.78. The molecule has 1 aliphatic heterocycles. The molecular formula is C14H22N4O. The zero-order valence-corrected chi connectivity index (χ0v) is 11.4. The number of amides is 1. The highest BCUT2D eigenvalue weighted by Gasteiger charge is 2.16. The van der Waals surface area contributed by atoms with Crippen LogP contribution in [-0.2, 0) is 11.2 Å². The lowest BCUT2D eigenvalue weighted by atomic mass is 10.2. The van der Waals surface area contributed by atoms with Gasteiger partial charge < -0.3 is 16.0 Å². The standard InChI is InChI=1S/C14H22N4O/c1-11(10-18-6-2-3-7-18)17-14(19)8-13-5-4-12(15)9-16-13/h4-5,9,11H,2-3,6-8,10,15H2,1H3,(H,17,19). The van der Waals surface area contributed by atoms with E-state index in [1.54, 1.807) is 18.3 Å². The Bertz CT molecular complexity index is 412. The average molecular weight is 262 g/mol. The number of anilines is 1. The van der Waals surface area contributed by atoms with Gasteiger partial charge in [-0.2, -0.15) is 0 Å². The zero-order chi connectivity index (χ0) is 13.7. The summed E-state index contributed by atoms with van der Waals surface area (Å²) in [5.74, 6) is 0.0176. The van der Waals surface area contributed by atoms with Gasteiger partial charge in [0.25, 0.3) is 0 Å². The molecule has 0 radical (unpaired) electrons. The Hall–Kier alpha value is -1.62. The molecule has 0 aliphatic carbocycles. The van der Waals surface area contributed by atoms with Crippen molar-refractivity contribution < 1.29 is 4.79 Å². The van der Waals surface area contributed by atoms with E-state index in [2.05, 4.69) is 15.2 Å². The van der Waals surface area contributed by atoms with E-state index in [0.717, 1.165) is 25.3 Å². The maximum atomic E-state index is 11.9. The van der Waals surface area contributed by atoms with Crippen molar-refractivity contribution in [3.63, 3.8) is 0 Å². The minimum atomic E-state index is 0.0176. The normalized spacial score (nSPS) is 17.3. The number of rotatable bonds is 5. The Morgan fingerprint density at radius 2 is 2.21 bits per heavy atom. The lowest BCUT2D eigenvalue weighted by Crippen LogP contribution is -2.41. The molecule has 1 aromatic rings. The second-order valence-electron chi connectivity index (χ2n) is 5.24. The average Bonchev–Trinajstić information content (AvgIpc) is 2.84. The molecule has 1 saturated heterocycles. The molecule has 1 amide bonds. The topological polar surface area (TPSA) is 71.2 Å². The van der Waals surface area contributed by atoms with Crippen molar-refractivity contribution in [2.24, 2.45) is 0 Å². The van der Waals surface area contributed by atoms with Gasteiger partial charge in [-0.05, 0) is 45.0 Å². The molecule has 1 unspecified atom stereocenters. The van der Waals surface area contributed by atoms with Crippen LogP contribution in [0.2, 0.25) is 0 Å². The summed E-state index contributed by atoms with van der Waals surface area (Å²) < 4.78 is 0. The number of likely N-dealkylation sites (tertiary alicyclic amines) is 1. The van der Waals surface area contributed by atoms with Gasteiger partial charge in [0.05, 0.1) is 18.3 Å². The summed E-state index contributed by atoms with van der Waals surface area (Å²) in [6.07, 6.45) is 4.44. The van der Waals surface area contributed by atoms with Gasteiger partial charge in [0.15, 0.2) is 0 Å². The van der Waals surface area contributed by atoms with Crippen LogP contribution >= 0.6 is 0 Å². The van der Waals surface area contributed by atoms with Crippen molar-refractivity contribution in [3.8, 4) is 0 Å². The van der Waals surface area contributed by atoms with Crippen LogP contribution in [0.25, 0.3) is 0 Å². The number of hydrogen-bond donors (Lipinski definition) is 2. The maximum absolute atomic E-state index is 11.9. The summed E-state index contributed by atoms with van der Waals surface area (Å²) in [5.41, 5.74) is 6.93. The largest absolute Gasteiger partial charge is 0.397 e. The van der Waals surface area contributed by atoms with Crippen LogP contribution in [-0.4, -0.2) is 41.5 Å². The predicted molar refractivity (Wildman–Crippen MR) is 75.6 cm³/mol. The first-order valence-corrected chi connectivity index (χ1v) is 6.85. The minimum Gasteiger partial charge on any atom is -0.397 e. The quantitative estimate of drug-likeness (QED) is 0.823. The molecule has 0 bridgehead atoms. The SMILES string of the molecule is CC(CN1CCCC1)NC(=O)Cc1ccc(N)cn1. The fraction of sp³-hybridized carbons (Fsp3) is 0.571. The smallest absolute Gasteiger partial charge is 0.226 e. The molecule has 3 N–H and O–H groups in total. The van der Waals surface area contributed by atoms with Crippen LogP contribution in [0.3, 0.4) is 0 Å². The first-order chi connectivity index (χ1) is 9.13. The van der Waals surface area contributed by atoms with Gasteiger partial charge in [-0.1, -0.05) is 0 Å². The van der Waals surface area contributed by atoms with Crippen molar-refractivity contribution in [2.75, 3.05) is 25.4 Å². The van der Waals surface area contributed by atoms with Gasteiger partial charge in [0, 0.05) is 18.3 Å². The fourth-order valence-corrected chi connectivity index (χ4v) is 2.43. The lowest BCUT2D eigenvalue weighted by molar-refractivity contribution is -0.121. The Morgan fingerprint density at radius 1 is 1.47 bits per heavy atom. The number of carbonyl (C=O) groups is 1. The van der Waals surface area contributed by atoms with Gasteiger partial charge >= 0.3 is 0 Å². The summed E-state index contributed by atoms with van der Waals surface area (Å²) in [6.45, 7) is 5.28. The van der Waals surface area contributed by atoms with Gasteiger partial charge in [0.1, 0.15) is 0 Å². The van der Waals surface area contributed by atoms with Gasteiger partial charge in [-0.25, -0.2) is 0 Å². The molecule has 1 aliphatic rings. The molecule has 19 heavy (non-hydrogen) atoms. The Labute approximate surface area is 114 Å². The molecule has 5 heteroatoms. The van der Waals surface area contributed by atoms with E-state index in [0.29, 0.717) is 12.1 Å². The molecule has 1 fully saturated rings. The van der Waals surface area contributed by atoms with Crippen molar-refractivity contribution in [1.29, 1.82) is 0 Å². The van der Waals surface area contributed by atoms with Crippen LogP contribution in [0.5, 0.6) is 0 Å². The number of nitrogens with two attached hydrogens (primary N) is 1. The molecule has 0 aromatic carbocycles. The Morgan fingerprint density at radius 3 is 2.84 bits per heavy atom. The second kappa shape index (κ2) is 6.52. The van der Waals surface area contributed by atoms with Gasteiger partial charge in [-0.3, -0.25) is 9.78 Å². The molecular weight excluding hydrogens is 240 g/mol. The van der Waals surface area contributed by atoms with Crippen LogP contribution < -0.4 is 11.1 Å². The molecule has 5 nitrogen and oxygen atoms in total.